The van der Waals surface area contributed by atoms with E-state index >= 15 is 0 Å². The van der Waals surface area contributed by atoms with Crippen molar-refractivity contribution in [2.45, 2.75) is 45.2 Å². The van der Waals surface area contributed by atoms with Crippen LogP contribution >= 0.6 is 0 Å². The maximum atomic E-state index is 6.00. The van der Waals surface area contributed by atoms with Gasteiger partial charge in [-0.15, -0.1) is 0 Å². The zero-order valence-corrected chi connectivity index (χ0v) is 11.6. The lowest BCUT2D eigenvalue weighted by Gasteiger charge is -2.40. The van der Waals surface area contributed by atoms with E-state index in [1.165, 1.54) is 0 Å². The Bertz CT molecular complexity index is 328. The van der Waals surface area contributed by atoms with E-state index in [2.05, 4.69) is 35.3 Å². The minimum absolute atomic E-state index is 0.112. The molecule has 1 unspecified atom stereocenters. The molecule has 0 radical (unpaired) electrons. The third-order valence-electron chi connectivity index (χ3n) is 3.86. The summed E-state index contributed by atoms with van der Waals surface area (Å²) >= 11 is 0. The third kappa shape index (κ3) is 3.07. The van der Waals surface area contributed by atoms with E-state index < -0.39 is 0 Å². The first-order valence-electron chi connectivity index (χ1n) is 6.47. The largest absolute Gasteiger partial charge is 0.337 e. The van der Waals surface area contributed by atoms with E-state index in [9.17, 15) is 0 Å². The highest BCUT2D eigenvalue weighted by atomic mass is 15.2. The van der Waals surface area contributed by atoms with Crippen LogP contribution in [0.4, 0.5) is 0 Å². The molecule has 0 aliphatic rings. The Hall–Kier alpha value is -0.870. The number of imidazole rings is 1. The summed E-state index contributed by atoms with van der Waals surface area (Å²) in [7, 11) is 4.19. The van der Waals surface area contributed by atoms with Gasteiger partial charge in [-0.1, -0.05) is 20.3 Å². The van der Waals surface area contributed by atoms with E-state index in [1.807, 2.05) is 19.4 Å². The molecule has 98 valence electrons. The number of rotatable bonds is 7. The van der Waals surface area contributed by atoms with Crippen molar-refractivity contribution in [1.29, 1.82) is 0 Å². The van der Waals surface area contributed by atoms with Gasteiger partial charge in [0.15, 0.2) is 0 Å². The minimum Gasteiger partial charge on any atom is -0.337 e. The van der Waals surface area contributed by atoms with Crippen LogP contribution in [0.2, 0.25) is 0 Å². The topological polar surface area (TPSA) is 47.1 Å². The van der Waals surface area contributed by atoms with Gasteiger partial charge in [-0.25, -0.2) is 4.98 Å². The Morgan fingerprint density at radius 2 is 2.18 bits per heavy atom. The van der Waals surface area contributed by atoms with Crippen molar-refractivity contribution in [2.75, 3.05) is 13.6 Å². The molecule has 1 aromatic heterocycles. The molecule has 0 aliphatic carbocycles. The minimum atomic E-state index is 0.112. The van der Waals surface area contributed by atoms with Crippen molar-refractivity contribution < 1.29 is 0 Å². The third-order valence-corrected chi connectivity index (χ3v) is 3.86. The molecule has 0 saturated heterocycles. The highest BCUT2D eigenvalue weighted by Crippen LogP contribution is 2.24. The Kier molecular flexibility index (Phi) is 5.15. The zero-order valence-electron chi connectivity index (χ0n) is 11.6. The van der Waals surface area contributed by atoms with Crippen molar-refractivity contribution in [1.82, 2.24) is 14.5 Å². The van der Waals surface area contributed by atoms with Gasteiger partial charge in [0.2, 0.25) is 0 Å². The molecule has 0 amide bonds. The number of aromatic nitrogens is 2. The Balaban J connectivity index is 2.78. The molecule has 0 spiro atoms. The quantitative estimate of drug-likeness (QED) is 0.787. The summed E-state index contributed by atoms with van der Waals surface area (Å²) in [6, 6.07) is 0. The van der Waals surface area contributed by atoms with Gasteiger partial charge in [-0.05, 0) is 19.9 Å². The van der Waals surface area contributed by atoms with Gasteiger partial charge in [0.1, 0.15) is 5.82 Å². The molecule has 17 heavy (non-hydrogen) atoms. The predicted octanol–water partition coefficient (Wildman–Crippen LogP) is 1.76. The molecule has 0 aliphatic heterocycles. The standard InChI is InChI=1S/C13H26N4/c1-5-7-13(6-2,11-14)17(4)10-12-15-8-9-16(12)3/h8-9H,5-7,10-11,14H2,1-4H3. The average Bonchev–Trinajstić information content (AvgIpc) is 2.72. The van der Waals surface area contributed by atoms with Gasteiger partial charge in [-0.2, -0.15) is 0 Å². The summed E-state index contributed by atoms with van der Waals surface area (Å²) in [6.07, 6.45) is 7.22. The van der Waals surface area contributed by atoms with Gasteiger partial charge in [0, 0.05) is 31.5 Å². The molecule has 4 heteroatoms. The fourth-order valence-electron chi connectivity index (χ4n) is 2.43. The molecule has 1 rings (SSSR count). The van der Waals surface area contributed by atoms with Crippen LogP contribution in [0.1, 0.15) is 38.9 Å². The van der Waals surface area contributed by atoms with E-state index in [-0.39, 0.29) is 5.54 Å². The summed E-state index contributed by atoms with van der Waals surface area (Å²) in [5.74, 6) is 1.09. The van der Waals surface area contributed by atoms with Gasteiger partial charge in [0.05, 0.1) is 6.54 Å². The van der Waals surface area contributed by atoms with Gasteiger partial charge >= 0.3 is 0 Å². The maximum absolute atomic E-state index is 6.00. The summed E-state index contributed by atoms with van der Waals surface area (Å²) in [6.45, 7) is 6.00. The van der Waals surface area contributed by atoms with Crippen LogP contribution in [0.3, 0.4) is 0 Å². The van der Waals surface area contributed by atoms with Gasteiger partial charge < -0.3 is 10.3 Å². The monoisotopic (exact) mass is 238 g/mol. The molecule has 0 aromatic carbocycles. The fraction of sp³-hybridized carbons (Fsp3) is 0.769. The molecule has 1 atom stereocenters. The second-order valence-electron chi connectivity index (χ2n) is 4.84. The summed E-state index contributed by atoms with van der Waals surface area (Å²) < 4.78 is 2.07. The lowest BCUT2D eigenvalue weighted by molar-refractivity contribution is 0.0979. The van der Waals surface area contributed by atoms with Crippen molar-refractivity contribution in [3.05, 3.63) is 18.2 Å². The van der Waals surface area contributed by atoms with Crippen molar-refractivity contribution in [3.63, 3.8) is 0 Å². The van der Waals surface area contributed by atoms with Gasteiger partial charge in [-0.3, -0.25) is 4.90 Å². The number of hydrogen-bond donors (Lipinski definition) is 1. The highest BCUT2D eigenvalue weighted by Gasteiger charge is 2.30. The van der Waals surface area contributed by atoms with Crippen LogP contribution in [0, 0.1) is 0 Å². The molecule has 0 fully saturated rings. The summed E-state index contributed by atoms with van der Waals surface area (Å²) in [4.78, 5) is 6.74. The van der Waals surface area contributed by atoms with Crippen LogP contribution < -0.4 is 5.73 Å². The van der Waals surface area contributed by atoms with Crippen LogP contribution in [0.25, 0.3) is 0 Å². The highest BCUT2D eigenvalue weighted by molar-refractivity contribution is 4.95. The molecular weight excluding hydrogens is 212 g/mol. The fourth-order valence-corrected chi connectivity index (χ4v) is 2.43. The van der Waals surface area contributed by atoms with Crippen LogP contribution in [-0.4, -0.2) is 33.6 Å². The predicted molar refractivity (Wildman–Crippen MR) is 71.7 cm³/mol. The van der Waals surface area contributed by atoms with Crippen molar-refractivity contribution in [2.24, 2.45) is 12.8 Å². The number of aryl methyl sites for hydroxylation is 1. The van der Waals surface area contributed by atoms with E-state index in [0.717, 1.165) is 31.6 Å². The lowest BCUT2D eigenvalue weighted by Crippen LogP contribution is -2.51. The van der Waals surface area contributed by atoms with Crippen molar-refractivity contribution >= 4 is 0 Å². The first-order valence-corrected chi connectivity index (χ1v) is 6.47. The molecular formula is C13H26N4. The molecule has 4 nitrogen and oxygen atoms in total. The second kappa shape index (κ2) is 6.17. The number of likely N-dealkylation sites (N-methyl/N-ethyl adjacent to an activating group) is 1. The SMILES string of the molecule is CCCC(CC)(CN)N(C)Cc1nccn1C. The normalized spacial score (nSPS) is 15.2. The molecule has 1 heterocycles. The van der Waals surface area contributed by atoms with Crippen LogP contribution in [0.15, 0.2) is 12.4 Å². The first kappa shape index (κ1) is 14.2. The second-order valence-corrected chi connectivity index (χ2v) is 4.84. The van der Waals surface area contributed by atoms with Gasteiger partial charge in [0.25, 0.3) is 0 Å². The number of hydrogen-bond acceptors (Lipinski definition) is 3. The summed E-state index contributed by atoms with van der Waals surface area (Å²) in [5.41, 5.74) is 6.12. The number of nitrogens with zero attached hydrogens (tertiary/aromatic N) is 3. The van der Waals surface area contributed by atoms with E-state index in [0.29, 0.717) is 6.54 Å². The average molecular weight is 238 g/mol. The maximum Gasteiger partial charge on any atom is 0.122 e. The molecule has 1 aromatic rings. The van der Waals surface area contributed by atoms with E-state index in [1.54, 1.807) is 0 Å². The Labute approximate surface area is 105 Å². The van der Waals surface area contributed by atoms with Crippen LogP contribution in [0.5, 0.6) is 0 Å². The Morgan fingerprint density at radius 3 is 2.59 bits per heavy atom. The molecule has 0 saturated carbocycles. The molecule has 0 bridgehead atoms. The first-order chi connectivity index (χ1) is 8.09. The smallest absolute Gasteiger partial charge is 0.122 e. The number of nitrogens with two attached hydrogens (primary N) is 1. The van der Waals surface area contributed by atoms with E-state index in [4.69, 9.17) is 5.73 Å². The lowest BCUT2D eigenvalue weighted by atomic mass is 9.89. The molecule has 2 N–H and O–H groups in total. The zero-order chi connectivity index (χ0) is 12.9. The Morgan fingerprint density at radius 1 is 1.47 bits per heavy atom. The summed E-state index contributed by atoms with van der Waals surface area (Å²) in [5, 5.41) is 0. The van der Waals surface area contributed by atoms with Crippen molar-refractivity contribution in [3.8, 4) is 0 Å². The van der Waals surface area contributed by atoms with Crippen LogP contribution in [-0.2, 0) is 13.6 Å².